The zero-order valence-corrected chi connectivity index (χ0v) is 14.4. The van der Waals surface area contributed by atoms with Gasteiger partial charge >= 0.3 is 0 Å². The third-order valence-corrected chi connectivity index (χ3v) is 4.95. The predicted octanol–water partition coefficient (Wildman–Crippen LogP) is 3.37. The van der Waals surface area contributed by atoms with Gasteiger partial charge in [0.1, 0.15) is 11.5 Å². The van der Waals surface area contributed by atoms with E-state index in [0.717, 1.165) is 48.7 Å². The first-order chi connectivity index (χ1) is 12.3. The van der Waals surface area contributed by atoms with Crippen molar-refractivity contribution in [3.8, 4) is 0 Å². The minimum absolute atomic E-state index is 0.775. The van der Waals surface area contributed by atoms with E-state index in [1.807, 2.05) is 18.5 Å². The Morgan fingerprint density at radius 3 is 2.84 bits per heavy atom. The Kier molecular flexibility index (Phi) is 4.50. The third-order valence-electron chi connectivity index (χ3n) is 4.95. The van der Waals surface area contributed by atoms with Crippen LogP contribution in [0.5, 0.6) is 0 Å². The number of aliphatic imine (C=N–C) groups is 1. The van der Waals surface area contributed by atoms with E-state index < -0.39 is 0 Å². The van der Waals surface area contributed by atoms with Crippen molar-refractivity contribution in [3.05, 3.63) is 41.9 Å². The normalized spacial score (nSPS) is 19.1. The van der Waals surface area contributed by atoms with Gasteiger partial charge in [0.25, 0.3) is 0 Å². The number of hydrogen-bond acceptors (Lipinski definition) is 5. The first-order valence-corrected chi connectivity index (χ1v) is 9.10. The van der Waals surface area contributed by atoms with Gasteiger partial charge < -0.3 is 10.6 Å². The van der Waals surface area contributed by atoms with E-state index >= 15 is 0 Å². The number of anilines is 1. The number of fused-ring (bicyclic) bond motifs is 1. The van der Waals surface area contributed by atoms with E-state index in [1.165, 1.54) is 31.3 Å². The van der Waals surface area contributed by atoms with E-state index in [-0.39, 0.29) is 0 Å². The number of hydrogen-bond donors (Lipinski definition) is 1. The number of rotatable bonds is 4. The van der Waals surface area contributed by atoms with Crippen molar-refractivity contribution in [2.45, 2.75) is 38.5 Å². The maximum Gasteiger partial charge on any atom is 0.183 e. The van der Waals surface area contributed by atoms with Crippen LogP contribution in [0.4, 0.5) is 11.5 Å². The van der Waals surface area contributed by atoms with Crippen LogP contribution in [0.1, 0.15) is 38.5 Å². The van der Waals surface area contributed by atoms with Crippen LogP contribution in [0.2, 0.25) is 0 Å². The molecule has 2 aliphatic rings. The molecule has 0 saturated carbocycles. The van der Waals surface area contributed by atoms with Gasteiger partial charge in [-0.05, 0) is 50.2 Å². The summed E-state index contributed by atoms with van der Waals surface area (Å²) < 4.78 is 1.78. The lowest BCUT2D eigenvalue weighted by Crippen LogP contribution is -2.19. The Morgan fingerprint density at radius 2 is 2.08 bits per heavy atom. The molecule has 0 amide bonds. The summed E-state index contributed by atoms with van der Waals surface area (Å²) >= 11 is 0. The largest absolute Gasteiger partial charge is 0.404 e. The zero-order valence-electron chi connectivity index (χ0n) is 14.4. The molecule has 25 heavy (non-hydrogen) atoms. The molecule has 3 heterocycles. The van der Waals surface area contributed by atoms with Crippen molar-refractivity contribution >= 4 is 23.4 Å². The van der Waals surface area contributed by atoms with Crippen molar-refractivity contribution in [2.75, 3.05) is 18.0 Å². The van der Waals surface area contributed by atoms with Crippen molar-refractivity contribution in [3.63, 3.8) is 0 Å². The highest BCUT2D eigenvalue weighted by Gasteiger charge is 2.15. The second kappa shape index (κ2) is 7.09. The van der Waals surface area contributed by atoms with Gasteiger partial charge in [-0.25, -0.2) is 9.50 Å². The van der Waals surface area contributed by atoms with Crippen LogP contribution in [-0.4, -0.2) is 33.9 Å². The van der Waals surface area contributed by atoms with E-state index in [2.05, 4.69) is 21.1 Å². The van der Waals surface area contributed by atoms with Crippen LogP contribution >= 0.6 is 0 Å². The molecule has 4 rings (SSSR count). The summed E-state index contributed by atoms with van der Waals surface area (Å²) in [4.78, 5) is 11.7. The molecule has 6 heteroatoms. The molecule has 1 aliphatic heterocycles. The minimum Gasteiger partial charge on any atom is -0.404 e. The summed E-state index contributed by atoms with van der Waals surface area (Å²) in [5.74, 6) is 1.01. The van der Waals surface area contributed by atoms with E-state index in [0.29, 0.717) is 0 Å². The molecular formula is C19H24N6. The summed E-state index contributed by atoms with van der Waals surface area (Å²) in [7, 11) is 0. The molecule has 2 N–H and O–H groups in total. The number of nitrogens with zero attached hydrogens (tertiary/aromatic N) is 5. The molecular weight excluding hydrogens is 312 g/mol. The lowest BCUT2D eigenvalue weighted by molar-refractivity contribution is 0.709. The highest BCUT2D eigenvalue weighted by Crippen LogP contribution is 2.25. The van der Waals surface area contributed by atoms with Crippen LogP contribution in [0.25, 0.3) is 5.65 Å². The zero-order chi connectivity index (χ0) is 17.1. The maximum absolute atomic E-state index is 5.83. The van der Waals surface area contributed by atoms with E-state index in [9.17, 15) is 0 Å². The number of aromatic nitrogens is 3. The Hall–Kier alpha value is -2.63. The van der Waals surface area contributed by atoms with Gasteiger partial charge in [0, 0.05) is 37.3 Å². The Bertz CT molecular complexity index is 839. The quantitative estimate of drug-likeness (QED) is 0.869. The molecule has 0 atom stereocenters. The van der Waals surface area contributed by atoms with Crippen LogP contribution in [0.3, 0.4) is 0 Å². The second-order valence-corrected chi connectivity index (χ2v) is 6.63. The van der Waals surface area contributed by atoms with Gasteiger partial charge in [-0.15, -0.1) is 0 Å². The SMILES string of the molecule is NC=C(C=Nc1cnn2ccc(N3CCCC3)nc12)C1=CCCCC1. The summed E-state index contributed by atoms with van der Waals surface area (Å²) in [5.41, 5.74) is 9.67. The molecule has 0 radical (unpaired) electrons. The first kappa shape index (κ1) is 15.9. The molecule has 130 valence electrons. The molecule has 2 aromatic rings. The molecule has 1 fully saturated rings. The smallest absolute Gasteiger partial charge is 0.183 e. The van der Waals surface area contributed by atoms with Crippen molar-refractivity contribution in [1.29, 1.82) is 0 Å². The number of nitrogens with two attached hydrogens (primary N) is 1. The van der Waals surface area contributed by atoms with Gasteiger partial charge in [0.05, 0.1) is 6.20 Å². The third kappa shape index (κ3) is 3.29. The molecule has 6 nitrogen and oxygen atoms in total. The van der Waals surface area contributed by atoms with Gasteiger partial charge in [-0.2, -0.15) is 5.10 Å². The molecule has 2 aromatic heterocycles. The molecule has 1 saturated heterocycles. The van der Waals surface area contributed by atoms with Gasteiger partial charge in [-0.1, -0.05) is 6.08 Å². The Morgan fingerprint density at radius 1 is 1.20 bits per heavy atom. The molecule has 0 spiro atoms. The highest BCUT2D eigenvalue weighted by molar-refractivity contribution is 5.88. The fourth-order valence-electron chi connectivity index (χ4n) is 3.53. The van der Waals surface area contributed by atoms with Gasteiger partial charge in [0.2, 0.25) is 0 Å². The molecule has 0 unspecified atom stereocenters. The van der Waals surface area contributed by atoms with Crippen molar-refractivity contribution in [2.24, 2.45) is 10.7 Å². The van der Waals surface area contributed by atoms with E-state index in [4.69, 9.17) is 10.7 Å². The minimum atomic E-state index is 0.775. The average molecular weight is 336 g/mol. The standard InChI is InChI=1S/C19H24N6/c20-12-16(15-6-2-1-3-7-15)13-21-17-14-22-25-11-8-18(23-19(17)25)24-9-4-5-10-24/h6,8,11-14H,1-5,7,9-10,20H2. The first-order valence-electron chi connectivity index (χ1n) is 9.10. The molecule has 1 aliphatic carbocycles. The Balaban J connectivity index is 1.62. The second-order valence-electron chi connectivity index (χ2n) is 6.63. The fourth-order valence-corrected chi connectivity index (χ4v) is 3.53. The summed E-state index contributed by atoms with van der Waals surface area (Å²) in [5, 5.41) is 4.36. The van der Waals surface area contributed by atoms with Crippen LogP contribution in [0, 0.1) is 0 Å². The maximum atomic E-state index is 5.83. The molecule has 0 bridgehead atoms. The van der Waals surface area contributed by atoms with Crippen molar-refractivity contribution < 1.29 is 0 Å². The monoisotopic (exact) mass is 336 g/mol. The molecule has 0 aromatic carbocycles. The van der Waals surface area contributed by atoms with Crippen LogP contribution < -0.4 is 10.6 Å². The summed E-state index contributed by atoms with van der Waals surface area (Å²) in [6.07, 6.45) is 16.6. The van der Waals surface area contributed by atoms with Crippen LogP contribution in [0.15, 0.2) is 46.9 Å². The summed E-state index contributed by atoms with van der Waals surface area (Å²) in [6, 6.07) is 2.02. The van der Waals surface area contributed by atoms with Gasteiger partial charge in [-0.3, -0.25) is 4.99 Å². The van der Waals surface area contributed by atoms with Crippen molar-refractivity contribution in [1.82, 2.24) is 14.6 Å². The average Bonchev–Trinajstić information content (AvgIpc) is 3.33. The fraction of sp³-hybridized carbons (Fsp3) is 0.421. The highest BCUT2D eigenvalue weighted by atomic mass is 15.3. The lowest BCUT2D eigenvalue weighted by atomic mass is 9.94. The van der Waals surface area contributed by atoms with E-state index in [1.54, 1.807) is 16.9 Å². The summed E-state index contributed by atoms with van der Waals surface area (Å²) in [6.45, 7) is 2.15. The number of allylic oxidation sites excluding steroid dienone is 3. The van der Waals surface area contributed by atoms with Crippen LogP contribution in [-0.2, 0) is 0 Å². The topological polar surface area (TPSA) is 71.8 Å². The predicted molar refractivity (Wildman–Crippen MR) is 101 cm³/mol. The lowest BCUT2D eigenvalue weighted by Gasteiger charge is -2.15. The Labute approximate surface area is 147 Å². The van der Waals surface area contributed by atoms with Gasteiger partial charge in [0.15, 0.2) is 5.65 Å².